The predicted molar refractivity (Wildman–Crippen MR) is 41.3 cm³/mol. The highest BCUT2D eigenvalue weighted by Gasteiger charge is 2.46. The third-order valence-corrected chi connectivity index (χ3v) is 2.05. The van der Waals surface area contributed by atoms with Crippen molar-refractivity contribution in [3.63, 3.8) is 0 Å². The number of rotatable bonds is 2. The van der Waals surface area contributed by atoms with E-state index in [-0.39, 0.29) is 0 Å². The molecule has 0 aromatic rings. The molecule has 4 N–H and O–H groups in total. The molecule has 1 saturated heterocycles. The van der Waals surface area contributed by atoms with E-state index in [1.807, 2.05) is 0 Å². The van der Waals surface area contributed by atoms with Gasteiger partial charge in [0.2, 0.25) is 0 Å². The van der Waals surface area contributed by atoms with Crippen LogP contribution in [0.3, 0.4) is 0 Å². The van der Waals surface area contributed by atoms with Gasteiger partial charge in [-0.2, -0.15) is 0 Å². The number of methoxy groups -OCH3 is 1. The number of aliphatic hydroxyl groups is 3. The molecule has 0 saturated carbocycles. The molecule has 7 nitrogen and oxygen atoms in total. The maximum absolute atomic E-state index is 10.5. The summed E-state index contributed by atoms with van der Waals surface area (Å²) in [6, 6.07) is 0. The molecule has 5 atom stereocenters. The van der Waals surface area contributed by atoms with Gasteiger partial charge < -0.3 is 29.9 Å². The Morgan fingerprint density at radius 3 is 2.21 bits per heavy atom. The van der Waals surface area contributed by atoms with Gasteiger partial charge in [0.05, 0.1) is 0 Å². The topological polar surface area (TPSA) is 116 Å². The van der Waals surface area contributed by atoms with Crippen LogP contribution in [0.1, 0.15) is 0 Å². The molecule has 0 bridgehead atoms. The van der Waals surface area contributed by atoms with Gasteiger partial charge in [0.15, 0.2) is 12.4 Å². The minimum atomic E-state index is -1.67. The molecule has 0 aromatic carbocycles. The van der Waals surface area contributed by atoms with Gasteiger partial charge in [-0.05, 0) is 0 Å². The first-order valence-corrected chi connectivity index (χ1v) is 3.94. The molecule has 1 aliphatic rings. The molecule has 1 heterocycles. The Bertz CT molecular complexity index is 216. The third kappa shape index (κ3) is 1.86. The summed E-state index contributed by atoms with van der Waals surface area (Å²) in [6.45, 7) is 0. The van der Waals surface area contributed by atoms with E-state index in [0.29, 0.717) is 0 Å². The van der Waals surface area contributed by atoms with Gasteiger partial charge in [-0.15, -0.1) is 0 Å². The molecule has 14 heavy (non-hydrogen) atoms. The molecular weight excluding hydrogens is 196 g/mol. The fraction of sp³-hybridized carbons (Fsp3) is 0.857. The summed E-state index contributed by atoms with van der Waals surface area (Å²) in [4.78, 5) is 10.5. The van der Waals surface area contributed by atoms with Crippen molar-refractivity contribution in [2.45, 2.75) is 30.7 Å². The van der Waals surface area contributed by atoms with Crippen molar-refractivity contribution in [3.05, 3.63) is 0 Å². The Balaban J connectivity index is 2.78. The second-order valence-electron chi connectivity index (χ2n) is 2.97. The first kappa shape index (κ1) is 11.3. The molecule has 3 unspecified atom stereocenters. The monoisotopic (exact) mass is 208 g/mol. The Hall–Kier alpha value is -0.730. The van der Waals surface area contributed by atoms with E-state index in [0.717, 1.165) is 0 Å². The average Bonchev–Trinajstić information content (AvgIpc) is 2.14. The molecule has 7 heteroatoms. The Kier molecular flexibility index (Phi) is 3.40. The van der Waals surface area contributed by atoms with Gasteiger partial charge >= 0.3 is 5.97 Å². The van der Waals surface area contributed by atoms with Gasteiger partial charge in [0.1, 0.15) is 18.3 Å². The van der Waals surface area contributed by atoms with Crippen LogP contribution < -0.4 is 0 Å². The molecule has 0 spiro atoms. The van der Waals surface area contributed by atoms with Crippen LogP contribution in [0.5, 0.6) is 0 Å². The highest BCUT2D eigenvalue weighted by molar-refractivity contribution is 5.73. The van der Waals surface area contributed by atoms with Crippen LogP contribution in [0.2, 0.25) is 0 Å². The number of aliphatic carboxylic acids is 1. The van der Waals surface area contributed by atoms with E-state index in [1.54, 1.807) is 0 Å². The summed E-state index contributed by atoms with van der Waals surface area (Å²) < 4.78 is 9.31. The maximum atomic E-state index is 10.5. The molecule has 0 aliphatic carbocycles. The van der Waals surface area contributed by atoms with E-state index in [9.17, 15) is 20.1 Å². The quantitative estimate of drug-likeness (QED) is 0.397. The molecule has 1 fully saturated rings. The average molecular weight is 208 g/mol. The SMILES string of the molecule is CO[C@H]1OC(C(=O)O)[C@H](O)C(O)C1O. The molecule has 1 aliphatic heterocycles. The summed E-state index contributed by atoms with van der Waals surface area (Å²) in [5, 5.41) is 36.3. The van der Waals surface area contributed by atoms with Crippen molar-refractivity contribution in [2.24, 2.45) is 0 Å². The van der Waals surface area contributed by atoms with Crippen molar-refractivity contribution in [1.29, 1.82) is 0 Å². The molecule has 82 valence electrons. The summed E-state index contributed by atoms with van der Waals surface area (Å²) in [6.07, 6.45) is -7.60. The fourth-order valence-corrected chi connectivity index (χ4v) is 1.25. The molecular formula is C7H12O7. The highest BCUT2D eigenvalue weighted by atomic mass is 16.7. The normalized spacial score (nSPS) is 43.6. The second-order valence-corrected chi connectivity index (χ2v) is 2.97. The van der Waals surface area contributed by atoms with Crippen LogP contribution in [0.25, 0.3) is 0 Å². The van der Waals surface area contributed by atoms with Crippen molar-refractivity contribution in [1.82, 2.24) is 0 Å². The molecule has 0 aromatic heterocycles. The Labute approximate surface area is 79.5 Å². The number of hydrogen-bond acceptors (Lipinski definition) is 6. The van der Waals surface area contributed by atoms with Crippen molar-refractivity contribution < 1.29 is 34.7 Å². The zero-order valence-electron chi connectivity index (χ0n) is 7.40. The molecule has 0 radical (unpaired) electrons. The van der Waals surface area contributed by atoms with E-state index in [1.165, 1.54) is 7.11 Å². The number of carboxylic acids is 1. The lowest BCUT2D eigenvalue weighted by atomic mass is 9.99. The van der Waals surface area contributed by atoms with Gasteiger partial charge in [-0.3, -0.25) is 0 Å². The summed E-state index contributed by atoms with van der Waals surface area (Å²) in [5.41, 5.74) is 0. The zero-order valence-corrected chi connectivity index (χ0v) is 7.40. The summed E-state index contributed by atoms with van der Waals surface area (Å²) in [5.74, 6) is -1.43. The van der Waals surface area contributed by atoms with E-state index in [2.05, 4.69) is 4.74 Å². The second kappa shape index (κ2) is 4.20. The zero-order chi connectivity index (χ0) is 10.9. The number of carbonyl (C=O) groups is 1. The molecule has 0 amide bonds. The minimum absolute atomic E-state index is 1.19. The van der Waals surface area contributed by atoms with Crippen LogP contribution in [0, 0.1) is 0 Å². The van der Waals surface area contributed by atoms with Gasteiger partial charge in [-0.25, -0.2) is 4.79 Å². The van der Waals surface area contributed by atoms with Crippen LogP contribution in [0.15, 0.2) is 0 Å². The van der Waals surface area contributed by atoms with Crippen molar-refractivity contribution in [3.8, 4) is 0 Å². The van der Waals surface area contributed by atoms with E-state index >= 15 is 0 Å². The lowest BCUT2D eigenvalue weighted by Crippen LogP contribution is -2.60. The highest BCUT2D eigenvalue weighted by Crippen LogP contribution is 2.21. The third-order valence-electron chi connectivity index (χ3n) is 2.05. The summed E-state index contributed by atoms with van der Waals surface area (Å²) in [7, 11) is 1.19. The lowest BCUT2D eigenvalue weighted by Gasteiger charge is -2.37. The van der Waals surface area contributed by atoms with Gasteiger partial charge in [0, 0.05) is 7.11 Å². The van der Waals surface area contributed by atoms with Gasteiger partial charge in [0.25, 0.3) is 0 Å². The summed E-state index contributed by atoms with van der Waals surface area (Å²) >= 11 is 0. The molecule has 1 rings (SSSR count). The van der Waals surface area contributed by atoms with Crippen molar-refractivity contribution >= 4 is 5.97 Å². The number of hydrogen-bond donors (Lipinski definition) is 4. The lowest BCUT2D eigenvalue weighted by molar-refractivity contribution is -0.287. The minimum Gasteiger partial charge on any atom is -0.479 e. The first-order valence-electron chi connectivity index (χ1n) is 3.94. The smallest absolute Gasteiger partial charge is 0.335 e. The van der Waals surface area contributed by atoms with E-state index < -0.39 is 36.7 Å². The predicted octanol–water partition coefficient (Wildman–Crippen LogP) is -2.47. The number of aliphatic hydroxyl groups excluding tert-OH is 3. The van der Waals surface area contributed by atoms with Crippen LogP contribution in [-0.2, 0) is 14.3 Å². The number of ether oxygens (including phenoxy) is 2. The largest absolute Gasteiger partial charge is 0.479 e. The Morgan fingerprint density at radius 2 is 1.79 bits per heavy atom. The van der Waals surface area contributed by atoms with Crippen LogP contribution in [-0.4, -0.2) is 64.2 Å². The van der Waals surface area contributed by atoms with Crippen molar-refractivity contribution in [2.75, 3.05) is 7.11 Å². The first-order chi connectivity index (χ1) is 6.49. The standard InChI is InChI=1S/C7H12O7/c1-13-7-4(10)2(8)3(9)5(14-7)6(11)12/h2-5,7-10H,1H3,(H,11,12)/t2?,3-,4?,5?,7+/m1/s1. The van der Waals surface area contributed by atoms with E-state index in [4.69, 9.17) is 9.84 Å². The Morgan fingerprint density at radius 1 is 1.21 bits per heavy atom. The van der Waals surface area contributed by atoms with Crippen LogP contribution >= 0.6 is 0 Å². The number of carboxylic acid groups (broad SMARTS) is 1. The fourth-order valence-electron chi connectivity index (χ4n) is 1.25. The van der Waals surface area contributed by atoms with Crippen LogP contribution in [0.4, 0.5) is 0 Å². The maximum Gasteiger partial charge on any atom is 0.335 e. The van der Waals surface area contributed by atoms with Gasteiger partial charge in [-0.1, -0.05) is 0 Å².